The predicted molar refractivity (Wildman–Crippen MR) is 70.8 cm³/mol. The first-order chi connectivity index (χ1) is 9.63. The van der Waals surface area contributed by atoms with Crippen LogP contribution in [0.15, 0.2) is 24.3 Å². The van der Waals surface area contributed by atoms with Gasteiger partial charge in [0.05, 0.1) is 6.10 Å². The molecule has 0 radical (unpaired) electrons. The molecular weight excluding hydrogens is 261 g/mol. The second kappa shape index (κ2) is 5.40. The molecule has 108 valence electrons. The molecule has 2 aliphatic rings. The summed E-state index contributed by atoms with van der Waals surface area (Å²) in [5, 5.41) is 9.72. The van der Waals surface area contributed by atoms with Crippen LogP contribution < -0.4 is 4.74 Å². The SMILES string of the molecule is O=C(COc1cccc(F)c1)N1C2CCC1CC(O)C2. The standard InChI is InChI=1S/C15H18FNO3/c16-10-2-1-3-14(6-10)20-9-15(19)17-11-4-5-12(17)8-13(18)7-11/h1-3,6,11-13,18H,4-5,7-9H2. The Morgan fingerprint density at radius 2 is 2.05 bits per heavy atom. The number of fused-ring (bicyclic) bond motifs is 2. The minimum absolute atomic E-state index is 0.0753. The van der Waals surface area contributed by atoms with Gasteiger partial charge in [-0.05, 0) is 37.8 Å². The van der Waals surface area contributed by atoms with Gasteiger partial charge >= 0.3 is 0 Å². The Bertz CT molecular complexity index is 494. The summed E-state index contributed by atoms with van der Waals surface area (Å²) in [6, 6.07) is 6.05. The molecular formula is C15H18FNO3. The van der Waals surface area contributed by atoms with Crippen LogP contribution in [0.25, 0.3) is 0 Å². The maximum absolute atomic E-state index is 13.0. The molecule has 0 aliphatic carbocycles. The molecule has 2 aliphatic heterocycles. The smallest absolute Gasteiger partial charge is 0.261 e. The van der Waals surface area contributed by atoms with Gasteiger partial charge in [-0.2, -0.15) is 0 Å². The summed E-state index contributed by atoms with van der Waals surface area (Å²) >= 11 is 0. The van der Waals surface area contributed by atoms with Gasteiger partial charge in [0.15, 0.2) is 6.61 Å². The van der Waals surface area contributed by atoms with E-state index in [0.717, 1.165) is 12.8 Å². The molecule has 5 heteroatoms. The third-order valence-corrected chi connectivity index (χ3v) is 4.15. The summed E-state index contributed by atoms with van der Waals surface area (Å²) in [4.78, 5) is 14.1. The molecule has 1 aromatic carbocycles. The molecule has 2 bridgehead atoms. The van der Waals surface area contributed by atoms with Crippen LogP contribution in [0.3, 0.4) is 0 Å². The lowest BCUT2D eigenvalue weighted by Gasteiger charge is -2.37. The van der Waals surface area contributed by atoms with Crippen LogP contribution in [0.4, 0.5) is 4.39 Å². The van der Waals surface area contributed by atoms with E-state index in [9.17, 15) is 14.3 Å². The van der Waals surface area contributed by atoms with E-state index in [1.165, 1.54) is 12.1 Å². The lowest BCUT2D eigenvalue weighted by molar-refractivity contribution is -0.139. The number of aliphatic hydroxyl groups excluding tert-OH is 1. The second-order valence-corrected chi connectivity index (χ2v) is 5.56. The molecule has 0 aromatic heterocycles. The fourth-order valence-electron chi connectivity index (χ4n) is 3.33. The van der Waals surface area contributed by atoms with E-state index >= 15 is 0 Å². The average molecular weight is 279 g/mol. The number of piperidine rings is 1. The largest absolute Gasteiger partial charge is 0.484 e. The van der Waals surface area contributed by atoms with Gasteiger partial charge in [-0.1, -0.05) is 6.07 Å². The van der Waals surface area contributed by atoms with Crippen LogP contribution in [-0.2, 0) is 4.79 Å². The molecule has 2 heterocycles. The topological polar surface area (TPSA) is 49.8 Å². The number of amides is 1. The molecule has 1 aromatic rings. The first kappa shape index (κ1) is 13.4. The van der Waals surface area contributed by atoms with Crippen molar-refractivity contribution in [1.82, 2.24) is 4.90 Å². The Kier molecular flexibility index (Phi) is 3.61. The van der Waals surface area contributed by atoms with Gasteiger partial charge in [0.1, 0.15) is 11.6 Å². The van der Waals surface area contributed by atoms with Crippen LogP contribution in [0, 0.1) is 5.82 Å². The van der Waals surface area contributed by atoms with Gasteiger partial charge in [0.25, 0.3) is 5.91 Å². The molecule has 20 heavy (non-hydrogen) atoms. The number of carbonyl (C=O) groups is 1. The summed E-state index contributed by atoms with van der Waals surface area (Å²) in [5.74, 6) is -0.0903. The van der Waals surface area contributed by atoms with E-state index in [2.05, 4.69) is 0 Å². The number of hydrogen-bond donors (Lipinski definition) is 1. The van der Waals surface area contributed by atoms with Gasteiger partial charge in [0, 0.05) is 18.2 Å². The number of rotatable bonds is 3. The summed E-state index contributed by atoms with van der Waals surface area (Å²) < 4.78 is 18.4. The summed E-state index contributed by atoms with van der Waals surface area (Å²) in [6.07, 6.45) is 2.92. The summed E-state index contributed by atoms with van der Waals surface area (Å²) in [6.45, 7) is -0.0768. The van der Waals surface area contributed by atoms with E-state index in [0.29, 0.717) is 18.6 Å². The van der Waals surface area contributed by atoms with Crippen molar-refractivity contribution in [3.8, 4) is 5.75 Å². The van der Waals surface area contributed by atoms with Crippen LogP contribution in [0.1, 0.15) is 25.7 Å². The lowest BCUT2D eigenvalue weighted by atomic mass is 10.00. The number of benzene rings is 1. The molecule has 2 saturated heterocycles. The van der Waals surface area contributed by atoms with Gasteiger partial charge in [-0.15, -0.1) is 0 Å². The normalized spacial score (nSPS) is 28.5. The van der Waals surface area contributed by atoms with Gasteiger partial charge < -0.3 is 14.7 Å². The van der Waals surface area contributed by atoms with Crippen LogP contribution >= 0.6 is 0 Å². The van der Waals surface area contributed by atoms with Crippen LogP contribution in [0.2, 0.25) is 0 Å². The number of halogens is 1. The van der Waals surface area contributed by atoms with Crippen molar-refractivity contribution < 1.29 is 19.0 Å². The minimum atomic E-state index is -0.379. The first-order valence-electron chi connectivity index (χ1n) is 7.01. The number of aliphatic hydroxyl groups is 1. The molecule has 1 amide bonds. The van der Waals surface area contributed by atoms with Crippen LogP contribution in [-0.4, -0.2) is 40.7 Å². The zero-order valence-electron chi connectivity index (χ0n) is 11.2. The maximum atomic E-state index is 13.0. The maximum Gasteiger partial charge on any atom is 0.261 e. The zero-order chi connectivity index (χ0) is 14.1. The molecule has 4 nitrogen and oxygen atoms in total. The van der Waals surface area contributed by atoms with Crippen LogP contribution in [0.5, 0.6) is 5.75 Å². The van der Waals surface area contributed by atoms with E-state index in [4.69, 9.17) is 4.74 Å². The Morgan fingerprint density at radius 3 is 2.70 bits per heavy atom. The first-order valence-corrected chi connectivity index (χ1v) is 7.01. The molecule has 0 spiro atoms. The third kappa shape index (κ3) is 2.63. The van der Waals surface area contributed by atoms with Crippen molar-refractivity contribution in [2.24, 2.45) is 0 Å². The fraction of sp³-hybridized carbons (Fsp3) is 0.533. The van der Waals surface area contributed by atoms with E-state index < -0.39 is 0 Å². The van der Waals surface area contributed by atoms with Gasteiger partial charge in [-0.25, -0.2) is 4.39 Å². The van der Waals surface area contributed by atoms with Gasteiger partial charge in [-0.3, -0.25) is 4.79 Å². The summed E-state index contributed by atoms with van der Waals surface area (Å²) in [5.41, 5.74) is 0. The van der Waals surface area contributed by atoms with E-state index in [1.807, 2.05) is 4.90 Å². The minimum Gasteiger partial charge on any atom is -0.484 e. The van der Waals surface area contributed by atoms with Crippen molar-refractivity contribution in [3.63, 3.8) is 0 Å². The monoisotopic (exact) mass is 279 g/mol. The van der Waals surface area contributed by atoms with Crippen molar-refractivity contribution in [2.45, 2.75) is 43.9 Å². The lowest BCUT2D eigenvalue weighted by Crippen LogP contribution is -2.49. The molecule has 2 atom stereocenters. The highest BCUT2D eigenvalue weighted by Crippen LogP contribution is 2.35. The number of hydrogen-bond acceptors (Lipinski definition) is 3. The highest BCUT2D eigenvalue weighted by Gasteiger charge is 2.42. The Morgan fingerprint density at radius 1 is 1.35 bits per heavy atom. The quantitative estimate of drug-likeness (QED) is 0.916. The number of nitrogens with zero attached hydrogens (tertiary/aromatic N) is 1. The van der Waals surface area contributed by atoms with E-state index in [-0.39, 0.29) is 36.5 Å². The van der Waals surface area contributed by atoms with Crippen molar-refractivity contribution in [2.75, 3.05) is 6.61 Å². The van der Waals surface area contributed by atoms with Gasteiger partial charge in [0.2, 0.25) is 0 Å². The third-order valence-electron chi connectivity index (χ3n) is 4.15. The second-order valence-electron chi connectivity index (χ2n) is 5.56. The Hall–Kier alpha value is -1.62. The predicted octanol–water partition coefficient (Wildman–Crippen LogP) is 1.72. The van der Waals surface area contributed by atoms with Crippen molar-refractivity contribution in [1.29, 1.82) is 0 Å². The number of ether oxygens (including phenoxy) is 1. The molecule has 2 unspecified atom stereocenters. The Labute approximate surface area is 117 Å². The molecule has 0 saturated carbocycles. The van der Waals surface area contributed by atoms with Crippen molar-refractivity contribution >= 4 is 5.91 Å². The highest BCUT2D eigenvalue weighted by atomic mass is 19.1. The summed E-state index contributed by atoms with van der Waals surface area (Å²) in [7, 11) is 0. The Balaban J connectivity index is 1.60. The fourth-order valence-corrected chi connectivity index (χ4v) is 3.33. The number of carbonyl (C=O) groups excluding carboxylic acids is 1. The molecule has 1 N–H and O–H groups in total. The molecule has 2 fully saturated rings. The average Bonchev–Trinajstić information content (AvgIpc) is 2.68. The highest BCUT2D eigenvalue weighted by molar-refractivity contribution is 5.79. The van der Waals surface area contributed by atoms with Crippen molar-refractivity contribution in [3.05, 3.63) is 30.1 Å². The van der Waals surface area contributed by atoms with E-state index in [1.54, 1.807) is 12.1 Å². The molecule has 3 rings (SSSR count). The zero-order valence-corrected chi connectivity index (χ0v) is 11.2.